The Morgan fingerprint density at radius 1 is 1.03 bits per heavy atom. The van der Waals surface area contributed by atoms with Gasteiger partial charge in [-0.25, -0.2) is 5.43 Å². The molecule has 0 atom stereocenters. The first-order valence-corrected chi connectivity index (χ1v) is 13.2. The molecule has 0 aliphatic carbocycles. The number of carbonyl (C=O) groups excluding carboxylic acids is 2. The zero-order valence-electron chi connectivity index (χ0n) is 18.9. The van der Waals surface area contributed by atoms with Gasteiger partial charge in [0, 0.05) is 24.3 Å². The standard InChI is InChI=1S/C25H20Cl2N4O3S2/c1-14(17-13-35-23(22(17)32)16-2-3-18(26)19(27)12-16)30-31-25(34)21-5-4-20(36-21)24(33)29-11-8-15-6-9-28-10-7-15/h2-7,9-10,12-13,32H,8,11H2,1H3,(H,29,33)(H,31,34)/b30-14+. The molecule has 4 aromatic rings. The van der Waals surface area contributed by atoms with Crippen LogP contribution in [0.4, 0.5) is 0 Å². The Balaban J connectivity index is 1.36. The first kappa shape index (κ1) is 25.8. The predicted octanol–water partition coefficient (Wildman–Crippen LogP) is 6.01. The maximum absolute atomic E-state index is 12.6. The van der Waals surface area contributed by atoms with E-state index in [9.17, 15) is 14.7 Å². The van der Waals surface area contributed by atoms with Gasteiger partial charge in [0.15, 0.2) is 0 Å². The molecule has 0 bridgehead atoms. The topological polar surface area (TPSA) is 104 Å². The molecule has 36 heavy (non-hydrogen) atoms. The predicted molar refractivity (Wildman–Crippen MR) is 146 cm³/mol. The van der Waals surface area contributed by atoms with E-state index in [1.165, 1.54) is 11.3 Å². The van der Waals surface area contributed by atoms with Crippen molar-refractivity contribution in [2.75, 3.05) is 6.54 Å². The van der Waals surface area contributed by atoms with Gasteiger partial charge in [0.05, 0.1) is 36.0 Å². The van der Waals surface area contributed by atoms with Gasteiger partial charge in [0.1, 0.15) is 5.75 Å². The largest absolute Gasteiger partial charge is 0.506 e. The summed E-state index contributed by atoms with van der Waals surface area (Å²) < 4.78 is 0. The lowest BCUT2D eigenvalue weighted by Gasteiger charge is -2.04. The van der Waals surface area contributed by atoms with E-state index < -0.39 is 5.91 Å². The van der Waals surface area contributed by atoms with Gasteiger partial charge in [-0.1, -0.05) is 29.3 Å². The summed E-state index contributed by atoms with van der Waals surface area (Å²) in [5.41, 5.74) is 5.19. The van der Waals surface area contributed by atoms with Crippen LogP contribution in [0, 0.1) is 0 Å². The fraction of sp³-hybridized carbons (Fsp3) is 0.120. The highest BCUT2D eigenvalue weighted by molar-refractivity contribution is 7.16. The minimum Gasteiger partial charge on any atom is -0.506 e. The van der Waals surface area contributed by atoms with Gasteiger partial charge in [0.25, 0.3) is 11.8 Å². The number of nitrogens with zero attached hydrogens (tertiary/aromatic N) is 2. The molecule has 184 valence electrons. The Morgan fingerprint density at radius 3 is 2.47 bits per heavy atom. The van der Waals surface area contributed by atoms with Crippen LogP contribution in [0.25, 0.3) is 10.4 Å². The number of thiophene rings is 2. The van der Waals surface area contributed by atoms with Crippen molar-refractivity contribution in [1.82, 2.24) is 15.7 Å². The van der Waals surface area contributed by atoms with Crippen LogP contribution in [0.5, 0.6) is 5.75 Å². The van der Waals surface area contributed by atoms with Crippen molar-refractivity contribution in [3.63, 3.8) is 0 Å². The number of rotatable bonds is 8. The molecule has 3 aromatic heterocycles. The molecular formula is C25H20Cl2N4O3S2. The second kappa shape index (κ2) is 11.7. The van der Waals surface area contributed by atoms with Crippen LogP contribution in [0.15, 0.2) is 65.3 Å². The summed E-state index contributed by atoms with van der Waals surface area (Å²) in [6, 6.07) is 12.1. The van der Waals surface area contributed by atoms with Crippen molar-refractivity contribution in [2.45, 2.75) is 13.3 Å². The third-order valence-electron chi connectivity index (χ3n) is 5.16. The Hall–Kier alpha value is -3.24. The average molecular weight is 560 g/mol. The lowest BCUT2D eigenvalue weighted by atomic mass is 10.1. The molecule has 0 fully saturated rings. The van der Waals surface area contributed by atoms with E-state index in [1.807, 2.05) is 12.1 Å². The number of amides is 2. The van der Waals surface area contributed by atoms with E-state index in [-0.39, 0.29) is 11.7 Å². The first-order valence-electron chi connectivity index (χ1n) is 10.7. The molecule has 0 unspecified atom stereocenters. The van der Waals surface area contributed by atoms with Gasteiger partial charge < -0.3 is 10.4 Å². The summed E-state index contributed by atoms with van der Waals surface area (Å²) >= 11 is 14.5. The molecule has 0 radical (unpaired) electrons. The van der Waals surface area contributed by atoms with E-state index in [2.05, 4.69) is 20.8 Å². The van der Waals surface area contributed by atoms with Gasteiger partial charge in [0.2, 0.25) is 0 Å². The number of halogens is 2. The van der Waals surface area contributed by atoms with Gasteiger partial charge in [-0.3, -0.25) is 14.6 Å². The quantitative estimate of drug-likeness (QED) is 0.182. The van der Waals surface area contributed by atoms with Gasteiger partial charge >= 0.3 is 0 Å². The minimum absolute atomic E-state index is 0.0377. The van der Waals surface area contributed by atoms with Crippen molar-refractivity contribution < 1.29 is 14.7 Å². The summed E-state index contributed by atoms with van der Waals surface area (Å²) in [5.74, 6) is -0.656. The maximum atomic E-state index is 12.6. The fourth-order valence-corrected chi connectivity index (χ4v) is 5.35. The third-order valence-corrected chi connectivity index (χ3v) is 8.00. The summed E-state index contributed by atoms with van der Waals surface area (Å²) in [7, 11) is 0. The summed E-state index contributed by atoms with van der Waals surface area (Å²) in [6.45, 7) is 2.15. The molecule has 0 saturated heterocycles. The summed E-state index contributed by atoms with van der Waals surface area (Å²) in [6.07, 6.45) is 4.10. The lowest BCUT2D eigenvalue weighted by Crippen LogP contribution is -2.24. The minimum atomic E-state index is -0.449. The van der Waals surface area contributed by atoms with Crippen LogP contribution in [-0.4, -0.2) is 34.2 Å². The lowest BCUT2D eigenvalue weighted by molar-refractivity contribution is 0.0951. The molecule has 3 heterocycles. The zero-order chi connectivity index (χ0) is 25.7. The first-order chi connectivity index (χ1) is 17.3. The molecular weight excluding hydrogens is 539 g/mol. The molecule has 4 rings (SSSR count). The molecule has 11 heteroatoms. The van der Waals surface area contributed by atoms with E-state index >= 15 is 0 Å². The second-order valence-electron chi connectivity index (χ2n) is 7.62. The maximum Gasteiger partial charge on any atom is 0.281 e. The van der Waals surface area contributed by atoms with Crippen LogP contribution in [0.3, 0.4) is 0 Å². The number of hydrogen-bond acceptors (Lipinski definition) is 7. The number of benzene rings is 1. The zero-order valence-corrected chi connectivity index (χ0v) is 22.1. The number of aromatic hydroxyl groups is 1. The molecule has 2 amide bonds. The number of nitrogens with one attached hydrogen (secondary N) is 2. The van der Waals surface area contributed by atoms with E-state index in [4.69, 9.17) is 23.2 Å². The monoisotopic (exact) mass is 558 g/mol. The molecule has 0 aliphatic rings. The molecule has 0 aliphatic heterocycles. The van der Waals surface area contributed by atoms with Crippen LogP contribution < -0.4 is 10.7 Å². The van der Waals surface area contributed by atoms with Crippen LogP contribution >= 0.6 is 45.9 Å². The van der Waals surface area contributed by atoms with Gasteiger partial charge in [-0.15, -0.1) is 22.7 Å². The smallest absolute Gasteiger partial charge is 0.281 e. The number of pyridine rings is 1. The van der Waals surface area contributed by atoms with Crippen LogP contribution in [-0.2, 0) is 6.42 Å². The van der Waals surface area contributed by atoms with Crippen molar-refractivity contribution in [1.29, 1.82) is 0 Å². The number of hydrazone groups is 1. The summed E-state index contributed by atoms with van der Waals surface area (Å²) in [4.78, 5) is 30.3. The van der Waals surface area contributed by atoms with Crippen molar-refractivity contribution in [3.05, 3.63) is 91.2 Å². The van der Waals surface area contributed by atoms with E-state index in [0.29, 0.717) is 48.9 Å². The Kier molecular flexibility index (Phi) is 8.37. The Bertz CT molecular complexity index is 1430. The van der Waals surface area contributed by atoms with Crippen molar-refractivity contribution >= 4 is 63.4 Å². The van der Waals surface area contributed by atoms with E-state index in [1.54, 1.807) is 55.0 Å². The number of aromatic nitrogens is 1. The fourth-order valence-electron chi connectivity index (χ4n) is 3.24. The highest BCUT2D eigenvalue weighted by Crippen LogP contribution is 2.40. The van der Waals surface area contributed by atoms with Crippen molar-refractivity contribution in [2.24, 2.45) is 5.10 Å². The Labute approximate surface area is 225 Å². The van der Waals surface area contributed by atoms with Gasteiger partial charge in [-0.2, -0.15) is 5.10 Å². The Morgan fingerprint density at radius 2 is 1.75 bits per heavy atom. The van der Waals surface area contributed by atoms with Crippen LogP contribution in [0.2, 0.25) is 10.0 Å². The summed E-state index contributed by atoms with van der Waals surface area (Å²) in [5, 5.41) is 20.2. The SMILES string of the molecule is C/C(=N\NC(=O)c1ccc(C(=O)NCCc2ccncc2)s1)c1csc(-c2ccc(Cl)c(Cl)c2)c1O. The molecule has 3 N–H and O–H groups in total. The third kappa shape index (κ3) is 6.11. The molecule has 0 spiro atoms. The van der Waals surface area contributed by atoms with Crippen molar-refractivity contribution in [3.8, 4) is 16.2 Å². The van der Waals surface area contributed by atoms with Gasteiger partial charge in [-0.05, 0) is 60.9 Å². The normalized spacial score (nSPS) is 11.4. The van der Waals surface area contributed by atoms with Crippen LogP contribution in [0.1, 0.15) is 37.4 Å². The molecule has 0 saturated carbocycles. The highest BCUT2D eigenvalue weighted by Gasteiger charge is 2.17. The number of carbonyl (C=O) groups is 2. The molecule has 1 aromatic carbocycles. The average Bonchev–Trinajstić information content (AvgIpc) is 3.52. The number of hydrogen-bond donors (Lipinski definition) is 3. The second-order valence-corrected chi connectivity index (χ2v) is 10.4. The highest BCUT2D eigenvalue weighted by atomic mass is 35.5. The van der Waals surface area contributed by atoms with E-state index in [0.717, 1.165) is 22.5 Å². The molecule has 7 nitrogen and oxygen atoms in total.